The van der Waals surface area contributed by atoms with Crippen molar-refractivity contribution in [2.45, 2.75) is 24.3 Å². The van der Waals surface area contributed by atoms with Gasteiger partial charge in [0.25, 0.3) is 0 Å². The van der Waals surface area contributed by atoms with Crippen molar-refractivity contribution in [3.63, 3.8) is 0 Å². The zero-order valence-corrected chi connectivity index (χ0v) is 20.3. The Kier molecular flexibility index (Phi) is 7.59. The van der Waals surface area contributed by atoms with Crippen LogP contribution in [0.5, 0.6) is 5.75 Å². The van der Waals surface area contributed by atoms with Crippen LogP contribution in [0.3, 0.4) is 0 Å². The quantitative estimate of drug-likeness (QED) is 0.317. The molecule has 0 aliphatic heterocycles. The first-order chi connectivity index (χ1) is 16.7. The predicted octanol–water partition coefficient (Wildman–Crippen LogP) is 5.04. The van der Waals surface area contributed by atoms with Crippen LogP contribution in [0, 0.1) is 0 Å². The number of rotatable bonds is 9. The number of pyridine rings is 1. The highest BCUT2D eigenvalue weighted by Gasteiger charge is 2.29. The minimum absolute atomic E-state index is 0.0518. The molecule has 7 nitrogen and oxygen atoms in total. The van der Waals surface area contributed by atoms with E-state index >= 15 is 0 Å². The number of thioether (sulfide) groups is 1. The summed E-state index contributed by atoms with van der Waals surface area (Å²) >= 11 is 1.41. The summed E-state index contributed by atoms with van der Waals surface area (Å²) in [6, 6.07) is 21.3. The first kappa shape index (κ1) is 23.5. The van der Waals surface area contributed by atoms with E-state index in [0.29, 0.717) is 24.1 Å². The number of hydrogen-bond donors (Lipinski definition) is 0. The zero-order chi connectivity index (χ0) is 23.9. The number of hydrogen-bond acceptors (Lipinski definition) is 6. The van der Waals surface area contributed by atoms with Gasteiger partial charge in [0, 0.05) is 36.7 Å². The number of aromatic nitrogens is 4. The molecule has 0 radical (unpaired) electrons. The molecule has 0 aliphatic rings. The fourth-order valence-electron chi connectivity index (χ4n) is 3.69. The molecule has 2 aromatic heterocycles. The van der Waals surface area contributed by atoms with E-state index in [-0.39, 0.29) is 5.91 Å². The van der Waals surface area contributed by atoms with Crippen molar-refractivity contribution in [3.8, 4) is 22.8 Å². The summed E-state index contributed by atoms with van der Waals surface area (Å²) in [6.45, 7) is 5.28. The molecular weight excluding hydrogens is 446 g/mol. The van der Waals surface area contributed by atoms with Gasteiger partial charge in [-0.2, -0.15) is 0 Å². The number of benzene rings is 2. The molecule has 0 saturated carbocycles. The molecular formula is C26H27N5O2S. The van der Waals surface area contributed by atoms with Crippen LogP contribution in [0.25, 0.3) is 17.1 Å². The van der Waals surface area contributed by atoms with Gasteiger partial charge in [-0.25, -0.2) is 0 Å². The lowest BCUT2D eigenvalue weighted by Crippen LogP contribution is -2.34. The second kappa shape index (κ2) is 11.0. The van der Waals surface area contributed by atoms with E-state index in [1.807, 2.05) is 90.0 Å². The third-order valence-electron chi connectivity index (χ3n) is 5.53. The van der Waals surface area contributed by atoms with E-state index in [9.17, 15) is 4.79 Å². The molecule has 0 N–H and O–H groups in total. The lowest BCUT2D eigenvalue weighted by Gasteiger charge is -2.25. The number of carbonyl (C=O) groups is 1. The Bertz CT molecular complexity index is 1210. The Morgan fingerprint density at radius 3 is 2.26 bits per heavy atom. The van der Waals surface area contributed by atoms with Crippen LogP contribution in [0.2, 0.25) is 0 Å². The summed E-state index contributed by atoms with van der Waals surface area (Å²) in [5.74, 6) is 1.49. The second-order valence-electron chi connectivity index (χ2n) is 7.49. The Balaban J connectivity index is 1.82. The zero-order valence-electron chi connectivity index (χ0n) is 19.5. The summed E-state index contributed by atoms with van der Waals surface area (Å²) < 4.78 is 7.31. The molecule has 0 fully saturated rings. The highest BCUT2D eigenvalue weighted by Crippen LogP contribution is 2.38. The van der Waals surface area contributed by atoms with Crippen molar-refractivity contribution < 1.29 is 9.53 Å². The van der Waals surface area contributed by atoms with Gasteiger partial charge in [0.15, 0.2) is 11.0 Å². The van der Waals surface area contributed by atoms with Crippen LogP contribution in [-0.4, -0.2) is 50.8 Å². The van der Waals surface area contributed by atoms with Gasteiger partial charge < -0.3 is 9.64 Å². The van der Waals surface area contributed by atoms with Gasteiger partial charge >= 0.3 is 0 Å². The van der Waals surface area contributed by atoms with Gasteiger partial charge in [0.05, 0.1) is 7.11 Å². The number of ether oxygens (including phenoxy) is 1. The minimum Gasteiger partial charge on any atom is -0.497 e. The SMILES string of the molecule is CCN(CC)C(=O)[C@H](Sc1nnc(-c2ccncc2)n1-c1ccc(OC)cc1)c1ccccc1. The van der Waals surface area contributed by atoms with E-state index in [1.54, 1.807) is 19.5 Å². The van der Waals surface area contributed by atoms with E-state index in [2.05, 4.69) is 15.2 Å². The number of methoxy groups -OCH3 is 1. The van der Waals surface area contributed by atoms with Crippen molar-refractivity contribution in [1.29, 1.82) is 0 Å². The standard InChI is InChI=1S/C26H27N5O2S/c1-4-30(5-2)25(32)23(19-9-7-6-8-10-19)34-26-29-28-24(20-15-17-27-18-16-20)31(26)21-11-13-22(33-3)14-12-21/h6-18,23H,4-5H2,1-3H3/t23-/m1/s1. The lowest BCUT2D eigenvalue weighted by atomic mass is 10.1. The van der Waals surface area contributed by atoms with Gasteiger partial charge in [0.2, 0.25) is 5.91 Å². The van der Waals surface area contributed by atoms with Crippen molar-refractivity contribution in [2.75, 3.05) is 20.2 Å². The third-order valence-corrected chi connectivity index (χ3v) is 6.71. The number of amides is 1. The van der Waals surface area contributed by atoms with Crippen molar-refractivity contribution >= 4 is 17.7 Å². The molecule has 174 valence electrons. The molecule has 0 spiro atoms. The maximum absolute atomic E-state index is 13.5. The molecule has 0 aliphatic carbocycles. The first-order valence-electron chi connectivity index (χ1n) is 11.2. The van der Waals surface area contributed by atoms with Crippen molar-refractivity contribution in [2.24, 2.45) is 0 Å². The molecule has 4 rings (SSSR count). The van der Waals surface area contributed by atoms with E-state index < -0.39 is 5.25 Å². The summed E-state index contributed by atoms with van der Waals surface area (Å²) in [5, 5.41) is 9.21. The van der Waals surface area contributed by atoms with Crippen LogP contribution < -0.4 is 4.74 Å². The normalized spacial score (nSPS) is 11.7. The Hall–Kier alpha value is -3.65. The van der Waals surface area contributed by atoms with Gasteiger partial charge in [-0.05, 0) is 55.8 Å². The lowest BCUT2D eigenvalue weighted by molar-refractivity contribution is -0.130. The van der Waals surface area contributed by atoms with E-state index in [0.717, 1.165) is 22.6 Å². The fourth-order valence-corrected chi connectivity index (χ4v) is 4.83. The molecule has 0 saturated heterocycles. The Labute approximate surface area is 203 Å². The van der Waals surface area contributed by atoms with Crippen LogP contribution >= 0.6 is 11.8 Å². The maximum atomic E-state index is 13.5. The molecule has 0 unspecified atom stereocenters. The average Bonchev–Trinajstić information content (AvgIpc) is 3.32. The molecule has 8 heteroatoms. The summed E-state index contributed by atoms with van der Waals surface area (Å²) in [4.78, 5) is 19.5. The Morgan fingerprint density at radius 1 is 0.971 bits per heavy atom. The maximum Gasteiger partial charge on any atom is 0.240 e. The largest absolute Gasteiger partial charge is 0.497 e. The van der Waals surface area contributed by atoms with Gasteiger partial charge in [-0.15, -0.1) is 10.2 Å². The summed E-state index contributed by atoms with van der Waals surface area (Å²) in [7, 11) is 1.64. The summed E-state index contributed by atoms with van der Waals surface area (Å²) in [6.07, 6.45) is 3.46. The number of carbonyl (C=O) groups excluding carboxylic acids is 1. The highest BCUT2D eigenvalue weighted by atomic mass is 32.2. The van der Waals surface area contributed by atoms with Crippen molar-refractivity contribution in [1.82, 2.24) is 24.6 Å². The van der Waals surface area contributed by atoms with Crippen LogP contribution in [0.1, 0.15) is 24.7 Å². The smallest absolute Gasteiger partial charge is 0.240 e. The van der Waals surface area contributed by atoms with Crippen LogP contribution in [-0.2, 0) is 4.79 Å². The van der Waals surface area contributed by atoms with Crippen LogP contribution in [0.4, 0.5) is 0 Å². The Morgan fingerprint density at radius 2 is 1.65 bits per heavy atom. The second-order valence-corrected chi connectivity index (χ2v) is 8.57. The minimum atomic E-state index is -0.451. The molecule has 0 bridgehead atoms. The van der Waals surface area contributed by atoms with E-state index in [1.165, 1.54) is 11.8 Å². The average molecular weight is 474 g/mol. The van der Waals surface area contributed by atoms with Crippen molar-refractivity contribution in [3.05, 3.63) is 84.7 Å². The third kappa shape index (κ3) is 4.97. The molecule has 4 aromatic rings. The topological polar surface area (TPSA) is 73.1 Å². The monoisotopic (exact) mass is 473 g/mol. The van der Waals surface area contributed by atoms with E-state index in [4.69, 9.17) is 4.74 Å². The van der Waals surface area contributed by atoms with Crippen LogP contribution in [0.15, 0.2) is 84.3 Å². The first-order valence-corrected chi connectivity index (χ1v) is 12.0. The van der Waals surface area contributed by atoms with Gasteiger partial charge in [-0.3, -0.25) is 14.3 Å². The molecule has 34 heavy (non-hydrogen) atoms. The highest BCUT2D eigenvalue weighted by molar-refractivity contribution is 8.00. The number of nitrogens with zero attached hydrogens (tertiary/aromatic N) is 5. The number of likely N-dealkylation sites (N-methyl/N-ethyl adjacent to an activating group) is 1. The summed E-state index contributed by atoms with van der Waals surface area (Å²) in [5.41, 5.74) is 2.69. The predicted molar refractivity (Wildman–Crippen MR) is 134 cm³/mol. The van der Waals surface area contributed by atoms with Gasteiger partial charge in [-0.1, -0.05) is 42.1 Å². The molecule has 2 aromatic carbocycles. The molecule has 1 amide bonds. The molecule has 1 atom stereocenters. The van der Waals surface area contributed by atoms with Gasteiger partial charge in [0.1, 0.15) is 11.0 Å². The molecule has 2 heterocycles. The fraction of sp³-hybridized carbons (Fsp3) is 0.231.